The minimum Gasteiger partial charge on any atom is -0.311 e. The highest BCUT2D eigenvalue weighted by molar-refractivity contribution is 4.96. The lowest BCUT2D eigenvalue weighted by molar-refractivity contribution is 0.0912. The Morgan fingerprint density at radius 3 is 2.65 bits per heavy atom. The number of rotatable bonds is 5. The molecule has 2 unspecified atom stereocenters. The zero-order valence-corrected chi connectivity index (χ0v) is 13.5. The summed E-state index contributed by atoms with van der Waals surface area (Å²) in [6, 6.07) is 1.18. The number of aromatic nitrogens is 3. The van der Waals surface area contributed by atoms with Crippen molar-refractivity contribution in [2.75, 3.05) is 13.1 Å². The second kappa shape index (κ2) is 6.68. The fourth-order valence-corrected chi connectivity index (χ4v) is 2.98. The highest BCUT2D eigenvalue weighted by atomic mass is 15.4. The lowest BCUT2D eigenvalue weighted by atomic mass is 9.95. The molecule has 1 aromatic rings. The zero-order chi connectivity index (χ0) is 14.7. The SMILES string of the molecule is CC(C)CC1CNC(C(C)C)CN1Cc1cn(C)nn1. The molecule has 0 aliphatic carbocycles. The van der Waals surface area contributed by atoms with E-state index < -0.39 is 0 Å². The first-order chi connectivity index (χ1) is 9.45. The molecule has 0 amide bonds. The molecule has 0 saturated carbocycles. The van der Waals surface area contributed by atoms with Crippen molar-refractivity contribution in [3.8, 4) is 0 Å². The fourth-order valence-electron chi connectivity index (χ4n) is 2.98. The molecule has 114 valence electrons. The van der Waals surface area contributed by atoms with Crippen LogP contribution in [0, 0.1) is 11.8 Å². The molecule has 1 fully saturated rings. The Morgan fingerprint density at radius 2 is 2.10 bits per heavy atom. The van der Waals surface area contributed by atoms with Crippen LogP contribution in [0.1, 0.15) is 39.8 Å². The summed E-state index contributed by atoms with van der Waals surface area (Å²) >= 11 is 0. The van der Waals surface area contributed by atoms with Gasteiger partial charge in [0.25, 0.3) is 0 Å². The molecule has 1 saturated heterocycles. The summed E-state index contributed by atoms with van der Waals surface area (Å²) in [6.45, 7) is 12.3. The van der Waals surface area contributed by atoms with Gasteiger partial charge in [-0.1, -0.05) is 32.9 Å². The summed E-state index contributed by atoms with van der Waals surface area (Å²) in [5.74, 6) is 1.39. The van der Waals surface area contributed by atoms with Crippen LogP contribution in [0.4, 0.5) is 0 Å². The molecule has 0 aromatic carbocycles. The first-order valence-corrected chi connectivity index (χ1v) is 7.78. The van der Waals surface area contributed by atoms with Crippen LogP contribution in [-0.4, -0.2) is 45.1 Å². The topological polar surface area (TPSA) is 46.0 Å². The average Bonchev–Trinajstić information content (AvgIpc) is 2.76. The van der Waals surface area contributed by atoms with Crippen molar-refractivity contribution in [1.29, 1.82) is 0 Å². The van der Waals surface area contributed by atoms with Crippen LogP contribution in [0.2, 0.25) is 0 Å². The van der Waals surface area contributed by atoms with Crippen molar-refractivity contribution >= 4 is 0 Å². The van der Waals surface area contributed by atoms with Gasteiger partial charge in [0.05, 0.1) is 5.69 Å². The predicted molar refractivity (Wildman–Crippen MR) is 81.3 cm³/mol. The van der Waals surface area contributed by atoms with Gasteiger partial charge < -0.3 is 5.32 Å². The van der Waals surface area contributed by atoms with Crippen molar-refractivity contribution in [3.63, 3.8) is 0 Å². The Balaban J connectivity index is 2.04. The summed E-state index contributed by atoms with van der Waals surface area (Å²) in [4.78, 5) is 2.59. The second-order valence-electron chi connectivity index (χ2n) is 6.86. The number of aryl methyl sites for hydroxylation is 1. The molecule has 2 rings (SSSR count). The molecule has 5 heteroatoms. The van der Waals surface area contributed by atoms with Crippen LogP contribution in [0.25, 0.3) is 0 Å². The molecular weight excluding hydrogens is 250 g/mol. The van der Waals surface area contributed by atoms with Crippen LogP contribution < -0.4 is 5.32 Å². The molecule has 20 heavy (non-hydrogen) atoms. The first-order valence-electron chi connectivity index (χ1n) is 7.78. The van der Waals surface area contributed by atoms with E-state index in [0.717, 1.165) is 31.2 Å². The smallest absolute Gasteiger partial charge is 0.0967 e. The lowest BCUT2D eigenvalue weighted by Gasteiger charge is -2.42. The summed E-state index contributed by atoms with van der Waals surface area (Å²) < 4.78 is 1.79. The fraction of sp³-hybridized carbons (Fsp3) is 0.867. The second-order valence-corrected chi connectivity index (χ2v) is 6.86. The molecular formula is C15H29N5. The third-order valence-electron chi connectivity index (χ3n) is 4.13. The van der Waals surface area contributed by atoms with E-state index in [1.807, 2.05) is 13.2 Å². The van der Waals surface area contributed by atoms with Crippen LogP contribution in [-0.2, 0) is 13.6 Å². The van der Waals surface area contributed by atoms with E-state index in [0.29, 0.717) is 18.0 Å². The molecule has 0 spiro atoms. The van der Waals surface area contributed by atoms with Crippen LogP contribution >= 0.6 is 0 Å². The summed E-state index contributed by atoms with van der Waals surface area (Å²) in [5, 5.41) is 12.0. The van der Waals surface area contributed by atoms with E-state index >= 15 is 0 Å². The van der Waals surface area contributed by atoms with Gasteiger partial charge in [0.15, 0.2) is 0 Å². The molecule has 0 radical (unpaired) electrons. The van der Waals surface area contributed by atoms with E-state index in [-0.39, 0.29) is 0 Å². The monoisotopic (exact) mass is 279 g/mol. The molecule has 2 atom stereocenters. The van der Waals surface area contributed by atoms with Crippen molar-refractivity contribution < 1.29 is 0 Å². The predicted octanol–water partition coefficient (Wildman–Crippen LogP) is 1.66. The van der Waals surface area contributed by atoms with Gasteiger partial charge in [-0.15, -0.1) is 5.10 Å². The minimum atomic E-state index is 0.579. The molecule has 1 aromatic heterocycles. The Morgan fingerprint density at radius 1 is 1.35 bits per heavy atom. The van der Waals surface area contributed by atoms with E-state index in [1.54, 1.807) is 4.68 Å². The normalized spacial score (nSPS) is 24.8. The highest BCUT2D eigenvalue weighted by Crippen LogP contribution is 2.20. The third kappa shape index (κ3) is 4.03. The first kappa shape index (κ1) is 15.4. The molecule has 2 heterocycles. The average molecular weight is 279 g/mol. The Hall–Kier alpha value is -0.940. The number of hydrogen-bond donors (Lipinski definition) is 1. The van der Waals surface area contributed by atoms with Crippen molar-refractivity contribution in [2.45, 2.75) is 52.7 Å². The van der Waals surface area contributed by atoms with Gasteiger partial charge in [-0.05, 0) is 18.3 Å². The molecule has 0 bridgehead atoms. The van der Waals surface area contributed by atoms with Gasteiger partial charge in [-0.2, -0.15) is 0 Å². The van der Waals surface area contributed by atoms with E-state index in [2.05, 4.69) is 48.2 Å². The van der Waals surface area contributed by atoms with Gasteiger partial charge >= 0.3 is 0 Å². The summed E-state index contributed by atoms with van der Waals surface area (Å²) in [5.41, 5.74) is 1.07. The maximum Gasteiger partial charge on any atom is 0.0967 e. The minimum absolute atomic E-state index is 0.579. The van der Waals surface area contributed by atoms with Crippen LogP contribution in [0.3, 0.4) is 0 Å². The van der Waals surface area contributed by atoms with Gasteiger partial charge in [-0.25, -0.2) is 0 Å². The van der Waals surface area contributed by atoms with Gasteiger partial charge in [0.2, 0.25) is 0 Å². The molecule has 5 nitrogen and oxygen atoms in total. The summed E-state index contributed by atoms with van der Waals surface area (Å²) in [6.07, 6.45) is 3.26. The maximum atomic E-state index is 4.24. The van der Waals surface area contributed by atoms with Gasteiger partial charge in [0.1, 0.15) is 0 Å². The lowest BCUT2D eigenvalue weighted by Crippen LogP contribution is -2.57. The largest absolute Gasteiger partial charge is 0.311 e. The van der Waals surface area contributed by atoms with E-state index in [4.69, 9.17) is 0 Å². The van der Waals surface area contributed by atoms with E-state index in [9.17, 15) is 0 Å². The number of hydrogen-bond acceptors (Lipinski definition) is 4. The number of nitrogens with zero attached hydrogens (tertiary/aromatic N) is 4. The Kier molecular flexibility index (Phi) is 5.16. The number of nitrogens with one attached hydrogen (secondary N) is 1. The van der Waals surface area contributed by atoms with Crippen LogP contribution in [0.15, 0.2) is 6.20 Å². The van der Waals surface area contributed by atoms with Crippen molar-refractivity contribution in [3.05, 3.63) is 11.9 Å². The van der Waals surface area contributed by atoms with E-state index in [1.165, 1.54) is 6.42 Å². The molecule has 1 aliphatic heterocycles. The van der Waals surface area contributed by atoms with Crippen LogP contribution in [0.5, 0.6) is 0 Å². The Bertz CT molecular complexity index is 412. The Labute approximate surface area is 122 Å². The number of piperazine rings is 1. The van der Waals surface area contributed by atoms with Gasteiger partial charge in [0, 0.05) is 45.0 Å². The quantitative estimate of drug-likeness (QED) is 0.890. The van der Waals surface area contributed by atoms with Crippen molar-refractivity contribution in [1.82, 2.24) is 25.2 Å². The molecule has 1 N–H and O–H groups in total. The van der Waals surface area contributed by atoms with Crippen molar-refractivity contribution in [2.24, 2.45) is 18.9 Å². The maximum absolute atomic E-state index is 4.24. The standard InChI is InChI=1S/C15H29N5/c1-11(2)6-14-7-16-15(12(3)4)10-20(14)9-13-8-19(5)18-17-13/h8,11-12,14-16H,6-7,9-10H2,1-5H3. The highest BCUT2D eigenvalue weighted by Gasteiger charge is 2.30. The molecule has 1 aliphatic rings. The zero-order valence-electron chi connectivity index (χ0n) is 13.5. The summed E-state index contributed by atoms with van der Waals surface area (Å²) in [7, 11) is 1.93. The third-order valence-corrected chi connectivity index (χ3v) is 4.13. The van der Waals surface area contributed by atoms with Gasteiger partial charge in [-0.3, -0.25) is 9.58 Å².